The van der Waals surface area contributed by atoms with Gasteiger partial charge in [0.25, 0.3) is 0 Å². The van der Waals surface area contributed by atoms with E-state index >= 15 is 0 Å². The third-order valence-corrected chi connectivity index (χ3v) is 2.87. The molecule has 4 heteroatoms. The number of nitrogens with zero attached hydrogens (tertiary/aromatic N) is 1. The van der Waals surface area contributed by atoms with E-state index in [1.54, 1.807) is 6.20 Å². The summed E-state index contributed by atoms with van der Waals surface area (Å²) in [6.07, 6.45) is 4.44. The number of anilines is 1. The summed E-state index contributed by atoms with van der Waals surface area (Å²) in [5.41, 5.74) is 6.05. The molecule has 0 aliphatic heterocycles. The Kier molecular flexibility index (Phi) is 3.84. The standard InChI is InChI=1S/C13H21N3O/c1-9(2)17-12-4-3-7-15-13(12)16-8-11(14)10-5-6-10/h3-4,7,9-11H,5-6,8,14H2,1-2H3,(H,15,16). The SMILES string of the molecule is CC(C)Oc1cccnc1NCC(N)C1CC1. The van der Waals surface area contributed by atoms with Crippen LogP contribution in [0.1, 0.15) is 26.7 Å². The number of hydrogen-bond acceptors (Lipinski definition) is 4. The van der Waals surface area contributed by atoms with Crippen LogP contribution < -0.4 is 15.8 Å². The molecule has 0 aromatic carbocycles. The van der Waals surface area contributed by atoms with Gasteiger partial charge in [-0.25, -0.2) is 4.98 Å². The van der Waals surface area contributed by atoms with Gasteiger partial charge in [-0.1, -0.05) is 0 Å². The third-order valence-electron chi connectivity index (χ3n) is 2.87. The molecule has 0 bridgehead atoms. The first kappa shape index (κ1) is 12.2. The molecule has 1 aromatic heterocycles. The van der Waals surface area contributed by atoms with Crippen molar-refractivity contribution in [1.29, 1.82) is 0 Å². The summed E-state index contributed by atoms with van der Waals surface area (Å²) in [6.45, 7) is 4.77. The van der Waals surface area contributed by atoms with Crippen LogP contribution in [0.25, 0.3) is 0 Å². The summed E-state index contributed by atoms with van der Waals surface area (Å²) >= 11 is 0. The normalized spacial score (nSPS) is 16.9. The molecule has 0 amide bonds. The van der Waals surface area contributed by atoms with Crippen LogP contribution in [0.3, 0.4) is 0 Å². The summed E-state index contributed by atoms with van der Waals surface area (Å²) < 4.78 is 5.69. The molecule has 1 unspecified atom stereocenters. The van der Waals surface area contributed by atoms with Crippen LogP contribution in [0.2, 0.25) is 0 Å². The number of nitrogens with two attached hydrogens (primary N) is 1. The highest BCUT2D eigenvalue weighted by molar-refractivity contribution is 5.49. The molecule has 0 saturated heterocycles. The molecular formula is C13H21N3O. The summed E-state index contributed by atoms with van der Waals surface area (Å²) in [4.78, 5) is 4.29. The second-order valence-corrected chi connectivity index (χ2v) is 4.90. The largest absolute Gasteiger partial charge is 0.487 e. The van der Waals surface area contributed by atoms with Gasteiger partial charge in [-0.2, -0.15) is 0 Å². The second kappa shape index (κ2) is 5.36. The van der Waals surface area contributed by atoms with Gasteiger partial charge in [0.15, 0.2) is 11.6 Å². The first-order chi connectivity index (χ1) is 8.16. The zero-order valence-electron chi connectivity index (χ0n) is 10.5. The summed E-state index contributed by atoms with van der Waals surface area (Å²) in [6, 6.07) is 4.03. The van der Waals surface area contributed by atoms with E-state index in [9.17, 15) is 0 Å². The van der Waals surface area contributed by atoms with Crippen molar-refractivity contribution in [2.45, 2.75) is 38.8 Å². The Balaban J connectivity index is 1.93. The van der Waals surface area contributed by atoms with Crippen molar-refractivity contribution in [2.24, 2.45) is 11.7 Å². The van der Waals surface area contributed by atoms with Gasteiger partial charge in [-0.3, -0.25) is 0 Å². The number of nitrogens with one attached hydrogen (secondary N) is 1. The van der Waals surface area contributed by atoms with Gasteiger partial charge in [0.2, 0.25) is 0 Å². The predicted molar refractivity (Wildman–Crippen MR) is 69.2 cm³/mol. The van der Waals surface area contributed by atoms with Crippen LogP contribution in [0.15, 0.2) is 18.3 Å². The average Bonchev–Trinajstić information content (AvgIpc) is 3.10. The van der Waals surface area contributed by atoms with Crippen molar-refractivity contribution < 1.29 is 4.74 Å². The lowest BCUT2D eigenvalue weighted by Gasteiger charge is -2.16. The highest BCUT2D eigenvalue weighted by Gasteiger charge is 2.28. The van der Waals surface area contributed by atoms with E-state index in [4.69, 9.17) is 10.5 Å². The maximum atomic E-state index is 6.05. The zero-order chi connectivity index (χ0) is 12.3. The Morgan fingerprint density at radius 3 is 2.94 bits per heavy atom. The maximum absolute atomic E-state index is 6.05. The van der Waals surface area contributed by atoms with Gasteiger partial charge < -0.3 is 15.8 Å². The van der Waals surface area contributed by atoms with Crippen LogP contribution in [0.5, 0.6) is 5.75 Å². The Morgan fingerprint density at radius 1 is 1.53 bits per heavy atom. The molecule has 1 fully saturated rings. The van der Waals surface area contributed by atoms with Gasteiger partial charge >= 0.3 is 0 Å². The summed E-state index contributed by atoms with van der Waals surface area (Å²) in [5.74, 6) is 2.28. The van der Waals surface area contributed by atoms with E-state index in [0.717, 1.165) is 18.1 Å². The minimum Gasteiger partial charge on any atom is -0.487 e. The molecule has 3 N–H and O–H groups in total. The number of rotatable bonds is 6. The second-order valence-electron chi connectivity index (χ2n) is 4.90. The van der Waals surface area contributed by atoms with E-state index < -0.39 is 0 Å². The lowest BCUT2D eigenvalue weighted by Crippen LogP contribution is -2.31. The van der Waals surface area contributed by atoms with Gasteiger partial charge in [0, 0.05) is 18.8 Å². The van der Waals surface area contributed by atoms with Gasteiger partial charge in [-0.05, 0) is 44.7 Å². The van der Waals surface area contributed by atoms with E-state index in [-0.39, 0.29) is 12.1 Å². The fourth-order valence-corrected chi connectivity index (χ4v) is 1.78. The van der Waals surface area contributed by atoms with E-state index in [1.165, 1.54) is 12.8 Å². The third kappa shape index (κ3) is 3.60. The van der Waals surface area contributed by atoms with Gasteiger partial charge in [-0.15, -0.1) is 0 Å². The molecule has 1 atom stereocenters. The topological polar surface area (TPSA) is 60.2 Å². The van der Waals surface area contributed by atoms with Crippen molar-refractivity contribution in [2.75, 3.05) is 11.9 Å². The smallest absolute Gasteiger partial charge is 0.168 e. The van der Waals surface area contributed by atoms with Crippen LogP contribution in [-0.2, 0) is 0 Å². The minimum atomic E-state index is 0.150. The quantitative estimate of drug-likeness (QED) is 0.792. The number of aromatic nitrogens is 1. The number of pyridine rings is 1. The average molecular weight is 235 g/mol. The summed E-state index contributed by atoms with van der Waals surface area (Å²) in [7, 11) is 0. The molecule has 1 aliphatic rings. The molecule has 1 aromatic rings. The van der Waals surface area contributed by atoms with Crippen molar-refractivity contribution in [1.82, 2.24) is 4.98 Å². The molecule has 1 aliphatic carbocycles. The molecule has 0 radical (unpaired) electrons. The lowest BCUT2D eigenvalue weighted by atomic mass is 10.2. The molecule has 2 rings (SSSR count). The Morgan fingerprint density at radius 2 is 2.29 bits per heavy atom. The van der Waals surface area contributed by atoms with E-state index in [2.05, 4.69) is 10.3 Å². The van der Waals surface area contributed by atoms with Crippen LogP contribution in [0.4, 0.5) is 5.82 Å². The molecule has 1 heterocycles. The van der Waals surface area contributed by atoms with Crippen LogP contribution in [0, 0.1) is 5.92 Å². The Hall–Kier alpha value is -1.29. The Labute approximate surface area is 103 Å². The molecule has 1 saturated carbocycles. The van der Waals surface area contributed by atoms with Crippen molar-refractivity contribution in [3.05, 3.63) is 18.3 Å². The van der Waals surface area contributed by atoms with Gasteiger partial charge in [0.1, 0.15) is 0 Å². The monoisotopic (exact) mass is 235 g/mol. The molecule has 17 heavy (non-hydrogen) atoms. The first-order valence-electron chi connectivity index (χ1n) is 6.28. The van der Waals surface area contributed by atoms with Crippen LogP contribution >= 0.6 is 0 Å². The lowest BCUT2D eigenvalue weighted by molar-refractivity contribution is 0.243. The van der Waals surface area contributed by atoms with Crippen molar-refractivity contribution >= 4 is 5.82 Å². The Bertz CT molecular complexity index is 363. The molecule has 4 nitrogen and oxygen atoms in total. The van der Waals surface area contributed by atoms with Crippen LogP contribution in [-0.4, -0.2) is 23.7 Å². The minimum absolute atomic E-state index is 0.150. The highest BCUT2D eigenvalue weighted by atomic mass is 16.5. The number of hydrogen-bond donors (Lipinski definition) is 2. The van der Waals surface area contributed by atoms with Crippen molar-refractivity contribution in [3.63, 3.8) is 0 Å². The molecule has 94 valence electrons. The zero-order valence-corrected chi connectivity index (χ0v) is 10.5. The summed E-state index contributed by atoms with van der Waals surface area (Å²) in [5, 5.41) is 3.28. The number of ether oxygens (including phenoxy) is 1. The fourth-order valence-electron chi connectivity index (χ4n) is 1.78. The van der Waals surface area contributed by atoms with Gasteiger partial charge in [0.05, 0.1) is 6.10 Å². The van der Waals surface area contributed by atoms with E-state index in [1.807, 2.05) is 26.0 Å². The fraction of sp³-hybridized carbons (Fsp3) is 0.615. The maximum Gasteiger partial charge on any atom is 0.168 e. The van der Waals surface area contributed by atoms with E-state index in [0.29, 0.717) is 5.92 Å². The van der Waals surface area contributed by atoms with Crippen molar-refractivity contribution in [3.8, 4) is 5.75 Å². The predicted octanol–water partition coefficient (Wildman–Crippen LogP) is 2.02. The highest BCUT2D eigenvalue weighted by Crippen LogP contribution is 2.32. The molecule has 0 spiro atoms. The molecular weight excluding hydrogens is 214 g/mol. The first-order valence-corrected chi connectivity index (χ1v) is 6.28.